The maximum absolute atomic E-state index is 12.4. The van der Waals surface area contributed by atoms with Gasteiger partial charge in [-0.05, 0) is 20.3 Å². The second-order valence-electron chi connectivity index (χ2n) is 5.68. The topological polar surface area (TPSA) is 131 Å². The van der Waals surface area contributed by atoms with Gasteiger partial charge in [0.05, 0.1) is 24.4 Å². The number of aromatic nitrogens is 5. The van der Waals surface area contributed by atoms with Gasteiger partial charge in [0, 0.05) is 17.4 Å². The lowest BCUT2D eigenvalue weighted by atomic mass is 10.1. The third-order valence-corrected chi connectivity index (χ3v) is 4.57. The highest BCUT2D eigenvalue weighted by Gasteiger charge is 2.14. The van der Waals surface area contributed by atoms with Gasteiger partial charge in [0.1, 0.15) is 6.33 Å². The average molecular weight is 390 g/mol. The molecule has 3 heterocycles. The van der Waals surface area contributed by atoms with Crippen molar-refractivity contribution in [2.45, 2.75) is 33.1 Å². The lowest BCUT2D eigenvalue weighted by molar-refractivity contribution is -0.142. The quantitative estimate of drug-likeness (QED) is 0.572. The number of aromatic amines is 1. The number of ether oxygens (including phenoxy) is 1. The molecule has 142 valence electrons. The number of esters is 1. The van der Waals surface area contributed by atoms with Crippen molar-refractivity contribution in [2.75, 3.05) is 11.9 Å². The largest absolute Gasteiger partial charge is 0.466 e. The number of hydrogen-bond donors (Lipinski definition) is 2. The van der Waals surface area contributed by atoms with E-state index in [9.17, 15) is 14.4 Å². The predicted molar refractivity (Wildman–Crippen MR) is 97.7 cm³/mol. The lowest BCUT2D eigenvalue weighted by Gasteiger charge is -2.05. The predicted octanol–water partition coefficient (Wildman–Crippen LogP) is 0.859. The van der Waals surface area contributed by atoms with Crippen molar-refractivity contribution in [1.29, 1.82) is 0 Å². The number of thiazole rings is 1. The van der Waals surface area contributed by atoms with E-state index < -0.39 is 0 Å². The number of anilines is 1. The third kappa shape index (κ3) is 4.37. The van der Waals surface area contributed by atoms with Crippen LogP contribution in [0.25, 0.3) is 5.78 Å². The Morgan fingerprint density at radius 1 is 1.37 bits per heavy atom. The first-order chi connectivity index (χ1) is 13.0. The molecule has 0 aliphatic rings. The number of nitrogens with one attached hydrogen (secondary N) is 2. The molecule has 0 unspecified atom stereocenters. The summed E-state index contributed by atoms with van der Waals surface area (Å²) in [5, 5.41) is 7.46. The third-order valence-electron chi connectivity index (χ3n) is 3.76. The summed E-state index contributed by atoms with van der Waals surface area (Å²) in [7, 11) is 0. The first-order valence-corrected chi connectivity index (χ1v) is 9.17. The van der Waals surface area contributed by atoms with E-state index >= 15 is 0 Å². The second-order valence-corrected chi connectivity index (χ2v) is 6.54. The molecule has 0 aliphatic carbocycles. The van der Waals surface area contributed by atoms with Crippen LogP contribution in [0.4, 0.5) is 5.13 Å². The number of amides is 1. The Kier molecular flexibility index (Phi) is 5.60. The van der Waals surface area contributed by atoms with Gasteiger partial charge in [0.25, 0.3) is 11.3 Å². The van der Waals surface area contributed by atoms with E-state index in [1.54, 1.807) is 19.2 Å². The molecule has 0 aromatic carbocycles. The molecule has 0 saturated carbocycles. The zero-order valence-electron chi connectivity index (χ0n) is 14.8. The summed E-state index contributed by atoms with van der Waals surface area (Å²) in [6, 6.07) is 0. The molecule has 0 fully saturated rings. The molecule has 3 aromatic rings. The monoisotopic (exact) mass is 390 g/mol. The first-order valence-electron chi connectivity index (χ1n) is 8.29. The van der Waals surface area contributed by atoms with Crippen LogP contribution >= 0.6 is 11.3 Å². The van der Waals surface area contributed by atoms with Crippen LogP contribution in [-0.2, 0) is 27.2 Å². The van der Waals surface area contributed by atoms with Crippen molar-refractivity contribution in [3.63, 3.8) is 0 Å². The fraction of sp³-hybridized carbons (Fsp3) is 0.375. The highest BCUT2D eigenvalue weighted by molar-refractivity contribution is 7.13. The van der Waals surface area contributed by atoms with Gasteiger partial charge in [0.2, 0.25) is 5.91 Å². The van der Waals surface area contributed by atoms with Gasteiger partial charge in [-0.1, -0.05) is 0 Å². The number of rotatable bonds is 7. The summed E-state index contributed by atoms with van der Waals surface area (Å²) < 4.78 is 6.10. The van der Waals surface area contributed by atoms with E-state index in [2.05, 4.69) is 25.4 Å². The van der Waals surface area contributed by atoms with E-state index in [1.165, 1.54) is 22.2 Å². The van der Waals surface area contributed by atoms with Crippen LogP contribution in [0.15, 0.2) is 16.5 Å². The van der Waals surface area contributed by atoms with Crippen molar-refractivity contribution >= 4 is 34.1 Å². The number of carbonyl (C=O) groups excluding carboxylic acids is 2. The van der Waals surface area contributed by atoms with Crippen LogP contribution in [0.3, 0.4) is 0 Å². The molecule has 10 nitrogen and oxygen atoms in total. The van der Waals surface area contributed by atoms with E-state index in [0.29, 0.717) is 34.5 Å². The Morgan fingerprint density at radius 3 is 2.96 bits per heavy atom. The number of nitrogens with zero attached hydrogens (tertiary/aromatic N) is 4. The van der Waals surface area contributed by atoms with Crippen molar-refractivity contribution < 1.29 is 14.3 Å². The average Bonchev–Trinajstić information content (AvgIpc) is 3.24. The van der Waals surface area contributed by atoms with E-state index in [0.717, 1.165) is 0 Å². The minimum absolute atomic E-state index is 0.0615. The second kappa shape index (κ2) is 8.08. The summed E-state index contributed by atoms with van der Waals surface area (Å²) in [6.07, 6.45) is 1.79. The minimum atomic E-state index is -0.363. The van der Waals surface area contributed by atoms with Gasteiger partial charge < -0.3 is 10.1 Å². The molecule has 2 N–H and O–H groups in total. The standard InChI is InChI=1S/C16H18N6O4S/c1-3-26-13(24)6-10-7-27-16(20-10)21-12(23)5-4-11-9(2)19-15-17-8-18-22(15)14(11)25/h7-8H,3-6H2,1-2H3,(H,17,18,19)(H,20,21,23). The van der Waals surface area contributed by atoms with Crippen molar-refractivity contribution in [2.24, 2.45) is 0 Å². The molecule has 3 rings (SSSR count). The smallest absolute Gasteiger partial charge is 0.311 e. The van der Waals surface area contributed by atoms with Crippen LogP contribution in [0.2, 0.25) is 0 Å². The SMILES string of the molecule is CCOC(=O)Cc1csc(NC(=O)CCc2c(C)nc3nc[nH]n3c2=O)n1. The summed E-state index contributed by atoms with van der Waals surface area (Å²) >= 11 is 1.23. The maximum atomic E-state index is 12.4. The fourth-order valence-corrected chi connectivity index (χ4v) is 3.24. The molecular formula is C16H18N6O4S. The van der Waals surface area contributed by atoms with Crippen LogP contribution in [0, 0.1) is 6.92 Å². The number of H-pyrrole nitrogens is 1. The Balaban J connectivity index is 1.60. The van der Waals surface area contributed by atoms with Gasteiger partial charge in [0.15, 0.2) is 5.13 Å². The maximum Gasteiger partial charge on any atom is 0.311 e. The zero-order valence-corrected chi connectivity index (χ0v) is 15.6. The van der Waals surface area contributed by atoms with Crippen LogP contribution in [-0.4, -0.2) is 43.0 Å². The van der Waals surface area contributed by atoms with Crippen molar-refractivity contribution in [3.8, 4) is 0 Å². The number of aryl methyl sites for hydroxylation is 1. The van der Waals surface area contributed by atoms with Gasteiger partial charge in [-0.25, -0.2) is 15.0 Å². The Bertz CT molecular complexity index is 1040. The molecule has 0 atom stereocenters. The van der Waals surface area contributed by atoms with Gasteiger partial charge in [-0.15, -0.1) is 11.3 Å². The van der Waals surface area contributed by atoms with Crippen molar-refractivity contribution in [1.82, 2.24) is 24.6 Å². The molecule has 27 heavy (non-hydrogen) atoms. The molecule has 0 saturated heterocycles. The molecular weight excluding hydrogens is 372 g/mol. The van der Waals surface area contributed by atoms with Gasteiger partial charge >= 0.3 is 5.97 Å². The highest BCUT2D eigenvalue weighted by atomic mass is 32.1. The van der Waals surface area contributed by atoms with Crippen LogP contribution < -0.4 is 10.9 Å². The minimum Gasteiger partial charge on any atom is -0.466 e. The molecule has 0 bridgehead atoms. The van der Waals surface area contributed by atoms with Crippen LogP contribution in [0.1, 0.15) is 30.3 Å². The van der Waals surface area contributed by atoms with E-state index in [4.69, 9.17) is 4.74 Å². The molecule has 0 radical (unpaired) electrons. The summed E-state index contributed by atoms with van der Waals surface area (Å²) in [5.74, 6) is -0.346. The van der Waals surface area contributed by atoms with Crippen LogP contribution in [0.5, 0.6) is 0 Å². The summed E-state index contributed by atoms with van der Waals surface area (Å²) in [4.78, 5) is 48.4. The van der Waals surface area contributed by atoms with Gasteiger partial charge in [-0.2, -0.15) is 4.52 Å². The molecule has 0 aliphatic heterocycles. The molecule has 1 amide bonds. The van der Waals surface area contributed by atoms with Gasteiger partial charge in [-0.3, -0.25) is 19.5 Å². The number of hydrogen-bond acceptors (Lipinski definition) is 8. The summed E-state index contributed by atoms with van der Waals surface area (Å²) in [6.45, 7) is 3.76. The normalized spacial score (nSPS) is 10.9. The highest BCUT2D eigenvalue weighted by Crippen LogP contribution is 2.16. The zero-order chi connectivity index (χ0) is 19.4. The number of fused-ring (bicyclic) bond motifs is 1. The Morgan fingerprint density at radius 2 is 2.19 bits per heavy atom. The van der Waals surface area contributed by atoms with E-state index in [1.807, 2.05) is 0 Å². The van der Waals surface area contributed by atoms with E-state index in [-0.39, 0.29) is 36.7 Å². The molecule has 11 heteroatoms. The lowest BCUT2D eigenvalue weighted by Crippen LogP contribution is -2.23. The first kappa shape index (κ1) is 18.7. The van der Waals surface area contributed by atoms with Crippen molar-refractivity contribution in [3.05, 3.63) is 39.0 Å². The molecule has 3 aromatic heterocycles. The Labute approximate surface area is 157 Å². The molecule has 0 spiro atoms. The number of carbonyl (C=O) groups is 2. The summed E-state index contributed by atoms with van der Waals surface area (Å²) in [5.41, 5.74) is 1.27. The Hall–Kier alpha value is -3.08. The fourth-order valence-electron chi connectivity index (χ4n) is 2.51.